The Morgan fingerprint density at radius 3 is 2.92 bits per heavy atom. The third-order valence-corrected chi connectivity index (χ3v) is 4.75. The average Bonchev–Trinajstić information content (AvgIpc) is 3.38. The third-order valence-electron chi connectivity index (χ3n) is 3.89. The largest absolute Gasteiger partial charge is 0.416 e. The normalized spacial score (nSPS) is 14.9. The molecule has 3 aromatic rings. The van der Waals surface area contributed by atoms with Gasteiger partial charge in [0, 0.05) is 12.1 Å². The van der Waals surface area contributed by atoms with Crippen LogP contribution in [0.2, 0.25) is 0 Å². The number of hydrogen-bond donors (Lipinski definition) is 0. The number of nitrogens with zero attached hydrogens (tertiary/aromatic N) is 4. The van der Waals surface area contributed by atoms with Crippen molar-refractivity contribution in [3.8, 4) is 10.8 Å². The average molecular weight is 368 g/mol. The van der Waals surface area contributed by atoms with Crippen LogP contribution in [0.4, 0.5) is 5.69 Å². The summed E-state index contributed by atoms with van der Waals surface area (Å²) in [6.45, 7) is 2.68. The maximum Gasteiger partial charge on any atom is 0.281 e. The number of benzene rings is 1. The third kappa shape index (κ3) is 2.99. The summed E-state index contributed by atoms with van der Waals surface area (Å²) in [6.07, 6.45) is 0.863. The summed E-state index contributed by atoms with van der Waals surface area (Å²) in [4.78, 5) is 20.6. The lowest BCUT2D eigenvalue weighted by Crippen LogP contribution is -2.30. The summed E-state index contributed by atoms with van der Waals surface area (Å²) < 4.78 is 5.55. The van der Waals surface area contributed by atoms with Crippen LogP contribution in [0.5, 0.6) is 0 Å². The second-order valence-corrected chi connectivity index (χ2v) is 6.61. The van der Waals surface area contributed by atoms with Gasteiger partial charge >= 0.3 is 0 Å². The van der Waals surface area contributed by atoms with Gasteiger partial charge in [0.05, 0.1) is 10.6 Å². The number of carbonyl (C=O) groups excluding carboxylic acids is 1. The lowest BCUT2D eigenvalue weighted by Gasteiger charge is -2.14. The molecule has 0 fully saturated rings. The number of aromatic nitrogens is 2. The smallest absolute Gasteiger partial charge is 0.281 e. The predicted octanol–water partition coefficient (Wildman–Crippen LogP) is 3.48. The maximum atomic E-state index is 12.6. The standard InChI is InChI=1S/C18H16N4O3S/c1-2-9-22-13-7-4-3-6-12(13)16(18(22)23)21-24-11-15-19-20-17(25-15)14-8-5-10-26-14/h3-8,10H,2,9,11H2,1H3/b21-16-. The van der Waals surface area contributed by atoms with E-state index in [1.165, 1.54) is 11.3 Å². The number of anilines is 1. The highest BCUT2D eigenvalue weighted by Gasteiger charge is 2.33. The molecule has 1 aliphatic rings. The molecule has 7 nitrogen and oxygen atoms in total. The van der Waals surface area contributed by atoms with Crippen molar-refractivity contribution >= 4 is 28.6 Å². The van der Waals surface area contributed by atoms with Crippen LogP contribution in [0, 0.1) is 0 Å². The number of carbonyl (C=O) groups is 1. The van der Waals surface area contributed by atoms with Gasteiger partial charge in [0.1, 0.15) is 0 Å². The molecule has 0 bridgehead atoms. The zero-order valence-corrected chi connectivity index (χ0v) is 14.9. The zero-order chi connectivity index (χ0) is 17.9. The first kappa shape index (κ1) is 16.5. The molecule has 0 atom stereocenters. The van der Waals surface area contributed by atoms with E-state index in [-0.39, 0.29) is 12.5 Å². The molecule has 3 heterocycles. The van der Waals surface area contributed by atoms with E-state index in [2.05, 4.69) is 15.4 Å². The fraction of sp³-hybridized carbons (Fsp3) is 0.222. The summed E-state index contributed by atoms with van der Waals surface area (Å²) in [5.41, 5.74) is 1.93. The van der Waals surface area contributed by atoms with Gasteiger partial charge in [-0.3, -0.25) is 4.79 Å². The van der Waals surface area contributed by atoms with Crippen LogP contribution in [0.3, 0.4) is 0 Å². The molecular weight excluding hydrogens is 352 g/mol. The Bertz CT molecular complexity index is 949. The SMILES string of the molecule is CCCN1C(=O)/C(=N\OCc2nnc(-c3cccs3)o2)c2ccccc21. The fourth-order valence-corrected chi connectivity index (χ4v) is 3.40. The van der Waals surface area contributed by atoms with Crippen LogP contribution < -0.4 is 4.90 Å². The van der Waals surface area contributed by atoms with Gasteiger partial charge in [0.25, 0.3) is 17.7 Å². The first-order chi connectivity index (χ1) is 12.8. The molecule has 0 unspecified atom stereocenters. The van der Waals surface area contributed by atoms with Gasteiger partial charge in [0.2, 0.25) is 0 Å². The highest BCUT2D eigenvalue weighted by molar-refractivity contribution is 7.13. The Labute approximate surface area is 153 Å². The fourth-order valence-electron chi connectivity index (χ4n) is 2.76. The van der Waals surface area contributed by atoms with Crippen molar-refractivity contribution in [2.24, 2.45) is 5.16 Å². The van der Waals surface area contributed by atoms with Crippen LogP contribution in [-0.4, -0.2) is 28.4 Å². The lowest BCUT2D eigenvalue weighted by molar-refractivity contribution is -0.112. The zero-order valence-electron chi connectivity index (χ0n) is 14.1. The molecule has 1 aliphatic heterocycles. The number of para-hydroxylation sites is 1. The van der Waals surface area contributed by atoms with Crippen molar-refractivity contribution in [1.29, 1.82) is 0 Å². The van der Waals surface area contributed by atoms with Gasteiger partial charge in [-0.1, -0.05) is 36.3 Å². The van der Waals surface area contributed by atoms with Crippen molar-refractivity contribution in [2.45, 2.75) is 20.0 Å². The van der Waals surface area contributed by atoms with Crippen molar-refractivity contribution < 1.29 is 14.0 Å². The summed E-state index contributed by atoms with van der Waals surface area (Å²) in [5.74, 6) is 0.599. The van der Waals surface area contributed by atoms with Crippen LogP contribution >= 0.6 is 11.3 Å². The van der Waals surface area contributed by atoms with Crippen LogP contribution in [0.15, 0.2) is 51.4 Å². The van der Waals surface area contributed by atoms with E-state index in [0.29, 0.717) is 24.0 Å². The van der Waals surface area contributed by atoms with Gasteiger partial charge in [-0.2, -0.15) is 0 Å². The van der Waals surface area contributed by atoms with E-state index in [4.69, 9.17) is 9.25 Å². The molecule has 0 aliphatic carbocycles. The van der Waals surface area contributed by atoms with Crippen molar-refractivity contribution in [1.82, 2.24) is 10.2 Å². The number of fused-ring (bicyclic) bond motifs is 1. The van der Waals surface area contributed by atoms with Gasteiger partial charge in [-0.05, 0) is 23.9 Å². The topological polar surface area (TPSA) is 80.8 Å². The molecule has 0 spiro atoms. The highest BCUT2D eigenvalue weighted by Crippen LogP contribution is 2.29. The molecule has 0 saturated carbocycles. The Morgan fingerprint density at radius 1 is 1.23 bits per heavy atom. The van der Waals surface area contributed by atoms with E-state index in [1.54, 1.807) is 4.90 Å². The van der Waals surface area contributed by atoms with E-state index >= 15 is 0 Å². The van der Waals surface area contributed by atoms with Crippen molar-refractivity contribution in [3.63, 3.8) is 0 Å². The van der Waals surface area contributed by atoms with Crippen LogP contribution in [0.25, 0.3) is 10.8 Å². The Kier molecular flexibility index (Phi) is 4.49. The number of thiophene rings is 1. The van der Waals surface area contributed by atoms with E-state index < -0.39 is 0 Å². The molecule has 4 rings (SSSR count). The van der Waals surface area contributed by atoms with Gasteiger partial charge in [-0.25, -0.2) is 0 Å². The second kappa shape index (κ2) is 7.09. The summed E-state index contributed by atoms with van der Waals surface area (Å²) in [7, 11) is 0. The van der Waals surface area contributed by atoms with Gasteiger partial charge in [-0.15, -0.1) is 21.5 Å². The minimum Gasteiger partial charge on any atom is -0.416 e. The van der Waals surface area contributed by atoms with Crippen molar-refractivity contribution in [2.75, 3.05) is 11.4 Å². The molecule has 0 N–H and O–H groups in total. The van der Waals surface area contributed by atoms with E-state index in [1.807, 2.05) is 48.7 Å². The molecule has 1 amide bonds. The van der Waals surface area contributed by atoms with Crippen molar-refractivity contribution in [3.05, 3.63) is 53.2 Å². The van der Waals surface area contributed by atoms with Gasteiger partial charge < -0.3 is 14.2 Å². The number of hydrogen-bond acceptors (Lipinski definition) is 7. The molecule has 132 valence electrons. The first-order valence-corrected chi connectivity index (χ1v) is 9.13. The van der Waals surface area contributed by atoms with E-state index in [9.17, 15) is 4.79 Å². The Balaban J connectivity index is 1.49. The molecular formula is C18H16N4O3S. The summed E-state index contributed by atoms with van der Waals surface area (Å²) >= 11 is 1.52. The van der Waals surface area contributed by atoms with Gasteiger partial charge in [0.15, 0.2) is 12.3 Å². The minimum atomic E-state index is -0.155. The Hall–Kier alpha value is -3.00. The molecule has 0 saturated heterocycles. The number of amides is 1. The molecule has 26 heavy (non-hydrogen) atoms. The predicted molar refractivity (Wildman–Crippen MR) is 98.0 cm³/mol. The number of oxime groups is 1. The van der Waals surface area contributed by atoms with E-state index in [0.717, 1.165) is 22.5 Å². The molecule has 8 heteroatoms. The molecule has 0 radical (unpaired) electrons. The molecule has 2 aromatic heterocycles. The highest BCUT2D eigenvalue weighted by atomic mass is 32.1. The Morgan fingerprint density at radius 2 is 2.12 bits per heavy atom. The van der Waals surface area contributed by atoms with Crippen LogP contribution in [0.1, 0.15) is 24.8 Å². The summed E-state index contributed by atoms with van der Waals surface area (Å²) in [6, 6.07) is 11.4. The molecule has 1 aromatic carbocycles. The second-order valence-electron chi connectivity index (χ2n) is 5.67. The maximum absolute atomic E-state index is 12.6. The first-order valence-electron chi connectivity index (χ1n) is 8.25. The van der Waals surface area contributed by atoms with Crippen LogP contribution in [-0.2, 0) is 16.2 Å². The quantitative estimate of drug-likeness (QED) is 0.622. The number of rotatable bonds is 6. The summed E-state index contributed by atoms with van der Waals surface area (Å²) in [5, 5.41) is 13.9. The monoisotopic (exact) mass is 368 g/mol. The lowest BCUT2D eigenvalue weighted by atomic mass is 10.1. The minimum absolute atomic E-state index is 0.00506.